The van der Waals surface area contributed by atoms with Crippen LogP contribution in [0, 0.1) is 23.2 Å². The molecule has 0 saturated carbocycles. The van der Waals surface area contributed by atoms with Gasteiger partial charge in [0, 0.05) is 24.2 Å². The fourth-order valence-corrected chi connectivity index (χ4v) is 1.61. The number of aromatic nitrogens is 4. The van der Waals surface area contributed by atoms with Gasteiger partial charge in [-0.15, -0.1) is 0 Å². The molecule has 0 bridgehead atoms. The molecule has 88 valence electrons. The van der Waals surface area contributed by atoms with Crippen LogP contribution in [0.5, 0.6) is 0 Å². The maximum atomic E-state index is 8.87. The van der Waals surface area contributed by atoms with Crippen molar-refractivity contribution in [3.63, 3.8) is 0 Å². The van der Waals surface area contributed by atoms with Gasteiger partial charge < -0.3 is 4.98 Å². The summed E-state index contributed by atoms with van der Waals surface area (Å²) in [6.45, 7) is 0. The molecule has 0 saturated heterocycles. The maximum Gasteiger partial charge on any atom is 0.158 e. The summed E-state index contributed by atoms with van der Waals surface area (Å²) in [5.41, 5.74) is 2.97. The second-order valence-electron chi connectivity index (χ2n) is 3.76. The number of hydrogen-bond donors (Lipinski definition) is 1. The van der Waals surface area contributed by atoms with E-state index in [0.717, 1.165) is 5.56 Å². The molecule has 0 aromatic carbocycles. The zero-order valence-corrected chi connectivity index (χ0v) is 9.75. The summed E-state index contributed by atoms with van der Waals surface area (Å²) in [5.74, 6) is 5.87. The summed E-state index contributed by atoms with van der Waals surface area (Å²) < 4.78 is 0. The Hall–Kier alpha value is -3.18. The van der Waals surface area contributed by atoms with Crippen molar-refractivity contribution < 1.29 is 0 Å². The lowest BCUT2D eigenvalue weighted by molar-refractivity contribution is 1.23. The largest absolute Gasteiger partial charge is 0.343 e. The molecular weight excluding hydrogens is 238 g/mol. The number of hydrogen-bond acceptors (Lipinski definition) is 4. The summed E-state index contributed by atoms with van der Waals surface area (Å²) >= 11 is 0. The summed E-state index contributed by atoms with van der Waals surface area (Å²) in [4.78, 5) is 15.4. The molecule has 0 aliphatic carbocycles. The molecule has 3 heterocycles. The molecule has 5 nitrogen and oxygen atoms in total. The van der Waals surface area contributed by atoms with E-state index in [2.05, 4.69) is 31.8 Å². The fraction of sp³-hybridized carbons (Fsp3) is 0. The number of H-pyrrole nitrogens is 1. The van der Waals surface area contributed by atoms with Gasteiger partial charge in [-0.2, -0.15) is 5.26 Å². The van der Waals surface area contributed by atoms with E-state index in [1.807, 2.05) is 18.2 Å². The summed E-state index contributed by atoms with van der Waals surface area (Å²) in [5, 5.41) is 8.87. The lowest BCUT2D eigenvalue weighted by Crippen LogP contribution is -1.87. The highest BCUT2D eigenvalue weighted by molar-refractivity contribution is 5.78. The minimum absolute atomic E-state index is 0.481. The Morgan fingerprint density at radius 2 is 2.16 bits per heavy atom. The second-order valence-corrected chi connectivity index (χ2v) is 3.76. The third-order valence-electron chi connectivity index (χ3n) is 2.50. The Morgan fingerprint density at radius 3 is 2.95 bits per heavy atom. The quantitative estimate of drug-likeness (QED) is 0.610. The van der Waals surface area contributed by atoms with Gasteiger partial charge in [-0.3, -0.25) is 4.98 Å². The van der Waals surface area contributed by atoms with Crippen LogP contribution in [-0.2, 0) is 0 Å². The third-order valence-corrected chi connectivity index (χ3v) is 2.50. The van der Waals surface area contributed by atoms with Crippen LogP contribution in [0.15, 0.2) is 36.9 Å². The zero-order valence-electron chi connectivity index (χ0n) is 9.75. The van der Waals surface area contributed by atoms with Crippen molar-refractivity contribution in [1.82, 2.24) is 19.9 Å². The second kappa shape index (κ2) is 4.59. The first-order chi connectivity index (χ1) is 9.36. The zero-order chi connectivity index (χ0) is 13.1. The van der Waals surface area contributed by atoms with E-state index in [1.165, 1.54) is 0 Å². The normalized spacial score (nSPS) is 9.63. The number of nitrogens with zero attached hydrogens (tertiary/aromatic N) is 4. The van der Waals surface area contributed by atoms with Crippen molar-refractivity contribution in [3.8, 4) is 17.9 Å². The van der Waals surface area contributed by atoms with Gasteiger partial charge in [-0.05, 0) is 18.1 Å². The average molecular weight is 245 g/mol. The molecule has 0 aliphatic rings. The SMILES string of the molecule is N#Cc1c[nH]c2nc(C#Cc3cccnc3)cnc12. The van der Waals surface area contributed by atoms with E-state index >= 15 is 0 Å². The Kier molecular flexibility index (Phi) is 2.65. The Bertz CT molecular complexity index is 831. The molecule has 5 heteroatoms. The fourth-order valence-electron chi connectivity index (χ4n) is 1.61. The highest BCUT2D eigenvalue weighted by atomic mass is 14.9. The van der Waals surface area contributed by atoms with Gasteiger partial charge in [0.1, 0.15) is 17.3 Å². The van der Waals surface area contributed by atoms with Crippen LogP contribution < -0.4 is 0 Å². The molecule has 0 atom stereocenters. The summed E-state index contributed by atoms with van der Waals surface area (Å²) in [7, 11) is 0. The van der Waals surface area contributed by atoms with Crippen molar-refractivity contribution in [1.29, 1.82) is 5.26 Å². The van der Waals surface area contributed by atoms with E-state index in [9.17, 15) is 0 Å². The van der Waals surface area contributed by atoms with Crippen molar-refractivity contribution in [2.24, 2.45) is 0 Å². The molecular formula is C14H7N5. The first kappa shape index (κ1) is 10.9. The van der Waals surface area contributed by atoms with Crippen LogP contribution in [-0.4, -0.2) is 19.9 Å². The van der Waals surface area contributed by atoms with Crippen LogP contribution in [0.25, 0.3) is 11.2 Å². The summed E-state index contributed by atoms with van der Waals surface area (Å²) in [6, 6.07) is 5.74. The van der Waals surface area contributed by atoms with E-state index in [4.69, 9.17) is 5.26 Å². The molecule has 0 aliphatic heterocycles. The first-order valence-electron chi connectivity index (χ1n) is 5.53. The van der Waals surface area contributed by atoms with E-state index in [-0.39, 0.29) is 0 Å². The van der Waals surface area contributed by atoms with Gasteiger partial charge in [0.05, 0.1) is 11.8 Å². The van der Waals surface area contributed by atoms with E-state index in [0.29, 0.717) is 22.4 Å². The number of aromatic amines is 1. The van der Waals surface area contributed by atoms with Gasteiger partial charge in [0.2, 0.25) is 0 Å². The minimum Gasteiger partial charge on any atom is -0.343 e. The summed E-state index contributed by atoms with van der Waals surface area (Å²) in [6.07, 6.45) is 6.52. The molecule has 3 aromatic heterocycles. The molecule has 0 fully saturated rings. The topological polar surface area (TPSA) is 78.2 Å². The average Bonchev–Trinajstić information content (AvgIpc) is 2.88. The molecule has 3 rings (SSSR count). The number of pyridine rings is 1. The Morgan fingerprint density at radius 1 is 1.21 bits per heavy atom. The van der Waals surface area contributed by atoms with E-state index in [1.54, 1.807) is 24.8 Å². The Labute approximate surface area is 109 Å². The lowest BCUT2D eigenvalue weighted by Gasteiger charge is -1.91. The maximum absolute atomic E-state index is 8.87. The predicted molar refractivity (Wildman–Crippen MR) is 68.8 cm³/mol. The first-order valence-corrected chi connectivity index (χ1v) is 5.53. The van der Waals surface area contributed by atoms with Crippen molar-refractivity contribution in [2.75, 3.05) is 0 Å². The standard InChI is InChI=1S/C14H7N5/c15-6-11-8-18-14-13(11)17-9-12(19-14)4-3-10-2-1-5-16-7-10/h1-2,5,7-9H,(H,18,19). The highest BCUT2D eigenvalue weighted by Gasteiger charge is 2.05. The van der Waals surface area contributed by atoms with Crippen LogP contribution in [0.4, 0.5) is 0 Å². The van der Waals surface area contributed by atoms with Crippen molar-refractivity contribution in [2.45, 2.75) is 0 Å². The smallest absolute Gasteiger partial charge is 0.158 e. The van der Waals surface area contributed by atoms with Crippen LogP contribution in [0.3, 0.4) is 0 Å². The molecule has 0 amide bonds. The van der Waals surface area contributed by atoms with Gasteiger partial charge in [0.25, 0.3) is 0 Å². The van der Waals surface area contributed by atoms with Crippen LogP contribution in [0.1, 0.15) is 16.8 Å². The van der Waals surface area contributed by atoms with Crippen molar-refractivity contribution >= 4 is 11.2 Å². The lowest BCUT2D eigenvalue weighted by atomic mass is 10.3. The van der Waals surface area contributed by atoms with Crippen molar-refractivity contribution in [3.05, 3.63) is 53.7 Å². The third kappa shape index (κ3) is 2.13. The van der Waals surface area contributed by atoms with Gasteiger partial charge in [0.15, 0.2) is 5.65 Å². The molecule has 0 radical (unpaired) electrons. The number of rotatable bonds is 0. The number of nitriles is 1. The van der Waals surface area contributed by atoms with Crippen LogP contribution in [0.2, 0.25) is 0 Å². The van der Waals surface area contributed by atoms with Gasteiger partial charge in [-0.25, -0.2) is 9.97 Å². The minimum atomic E-state index is 0.481. The number of nitrogens with one attached hydrogen (secondary N) is 1. The Balaban J connectivity index is 2.00. The predicted octanol–water partition coefficient (Wildman–Crippen LogP) is 1.62. The molecule has 3 aromatic rings. The molecule has 0 unspecified atom stereocenters. The molecule has 1 N–H and O–H groups in total. The highest BCUT2D eigenvalue weighted by Crippen LogP contribution is 2.12. The van der Waals surface area contributed by atoms with Gasteiger partial charge >= 0.3 is 0 Å². The van der Waals surface area contributed by atoms with Gasteiger partial charge in [-0.1, -0.05) is 5.92 Å². The van der Waals surface area contributed by atoms with Crippen LogP contribution >= 0.6 is 0 Å². The monoisotopic (exact) mass is 245 g/mol. The number of fused-ring (bicyclic) bond motifs is 1. The molecule has 0 spiro atoms. The van der Waals surface area contributed by atoms with E-state index < -0.39 is 0 Å². The molecule has 19 heavy (non-hydrogen) atoms.